The lowest BCUT2D eigenvalue weighted by molar-refractivity contribution is -0.120. The molecule has 0 saturated carbocycles. The van der Waals surface area contributed by atoms with Crippen LogP contribution in [0.3, 0.4) is 0 Å². The van der Waals surface area contributed by atoms with Gasteiger partial charge < -0.3 is 5.32 Å². The van der Waals surface area contributed by atoms with Crippen LogP contribution in [0.1, 0.15) is 39.5 Å². The van der Waals surface area contributed by atoms with E-state index in [0.717, 1.165) is 37.8 Å². The van der Waals surface area contributed by atoms with Crippen molar-refractivity contribution in [2.45, 2.75) is 44.4 Å². The molecule has 0 aliphatic rings. The monoisotopic (exact) mass is 335 g/mol. The fourth-order valence-electron chi connectivity index (χ4n) is 2.09. The summed E-state index contributed by atoms with van der Waals surface area (Å²) in [5.74, 6) is -1.24. The first-order valence-electron chi connectivity index (χ1n) is 6.84. The number of carbonyl (C=O) groups is 1. The van der Waals surface area contributed by atoms with E-state index in [-0.39, 0.29) is 22.4 Å². The van der Waals surface area contributed by atoms with Gasteiger partial charge in [-0.3, -0.25) is 4.79 Å². The van der Waals surface area contributed by atoms with Crippen molar-refractivity contribution < 1.29 is 17.6 Å². The second-order valence-electron chi connectivity index (χ2n) is 4.84. The van der Waals surface area contributed by atoms with E-state index in [1.54, 1.807) is 0 Å². The molecule has 1 rings (SSSR count). The van der Waals surface area contributed by atoms with E-state index < -0.39 is 14.9 Å². The molecule has 0 heterocycles. The minimum Gasteiger partial charge on any atom is -0.323 e. The molecule has 0 aliphatic heterocycles. The van der Waals surface area contributed by atoms with Crippen LogP contribution >= 0.6 is 10.7 Å². The summed E-state index contributed by atoms with van der Waals surface area (Å²) in [4.78, 5) is 11.8. The summed E-state index contributed by atoms with van der Waals surface area (Å²) >= 11 is 0. The standard InChI is InChI=1S/C14H19ClFNO3S/c1-3-5-10(6-4-2)14(18)17-13-8-7-11(9-12(13)16)21(15,19)20/h7-10H,3-6H2,1-2H3,(H,17,18). The highest BCUT2D eigenvalue weighted by Gasteiger charge is 2.19. The smallest absolute Gasteiger partial charge is 0.261 e. The van der Waals surface area contributed by atoms with Crippen molar-refractivity contribution in [2.75, 3.05) is 5.32 Å². The number of nitrogens with one attached hydrogen (secondary N) is 1. The Bertz CT molecular complexity index is 598. The summed E-state index contributed by atoms with van der Waals surface area (Å²) < 4.78 is 36.1. The Kier molecular flexibility index (Phi) is 6.61. The highest BCUT2D eigenvalue weighted by molar-refractivity contribution is 8.13. The second-order valence-corrected chi connectivity index (χ2v) is 7.41. The Hall–Kier alpha value is -1.14. The number of anilines is 1. The van der Waals surface area contributed by atoms with Gasteiger partial charge in [0.25, 0.3) is 9.05 Å². The fourth-order valence-corrected chi connectivity index (χ4v) is 2.85. The lowest BCUT2D eigenvalue weighted by Gasteiger charge is -2.15. The van der Waals surface area contributed by atoms with Crippen LogP contribution in [0, 0.1) is 11.7 Å². The number of carbonyl (C=O) groups excluding carboxylic acids is 1. The maximum Gasteiger partial charge on any atom is 0.261 e. The zero-order chi connectivity index (χ0) is 16.0. The number of benzene rings is 1. The average molecular weight is 336 g/mol. The van der Waals surface area contributed by atoms with Gasteiger partial charge in [-0.25, -0.2) is 12.8 Å². The zero-order valence-corrected chi connectivity index (χ0v) is 13.6. The Balaban J connectivity index is 2.90. The Morgan fingerprint density at radius 3 is 2.29 bits per heavy atom. The fraction of sp³-hybridized carbons (Fsp3) is 0.500. The minimum atomic E-state index is -3.98. The SMILES string of the molecule is CCCC(CCC)C(=O)Nc1ccc(S(=O)(=O)Cl)cc1F. The summed E-state index contributed by atoms with van der Waals surface area (Å²) in [5.41, 5.74) is -0.0405. The number of amides is 1. The van der Waals surface area contributed by atoms with Gasteiger partial charge in [-0.05, 0) is 31.0 Å². The molecule has 0 fully saturated rings. The largest absolute Gasteiger partial charge is 0.323 e. The number of hydrogen-bond acceptors (Lipinski definition) is 3. The highest BCUT2D eigenvalue weighted by atomic mass is 35.7. The van der Waals surface area contributed by atoms with E-state index in [0.29, 0.717) is 0 Å². The average Bonchev–Trinajstić information content (AvgIpc) is 2.39. The van der Waals surface area contributed by atoms with Gasteiger partial charge in [0.05, 0.1) is 10.6 Å². The van der Waals surface area contributed by atoms with Crippen LogP contribution in [-0.4, -0.2) is 14.3 Å². The molecule has 21 heavy (non-hydrogen) atoms. The molecule has 4 nitrogen and oxygen atoms in total. The topological polar surface area (TPSA) is 63.2 Å². The van der Waals surface area contributed by atoms with Crippen molar-refractivity contribution in [1.82, 2.24) is 0 Å². The first-order chi connectivity index (χ1) is 9.79. The van der Waals surface area contributed by atoms with Gasteiger partial charge in [0.15, 0.2) is 0 Å². The van der Waals surface area contributed by atoms with E-state index in [2.05, 4.69) is 5.32 Å². The van der Waals surface area contributed by atoms with Crippen LogP contribution < -0.4 is 5.32 Å². The van der Waals surface area contributed by atoms with Gasteiger partial charge >= 0.3 is 0 Å². The quantitative estimate of drug-likeness (QED) is 0.768. The molecular weight excluding hydrogens is 317 g/mol. The maximum absolute atomic E-state index is 13.8. The molecule has 0 spiro atoms. The normalized spacial score (nSPS) is 11.7. The molecule has 1 amide bonds. The molecule has 1 N–H and O–H groups in total. The van der Waals surface area contributed by atoms with E-state index >= 15 is 0 Å². The highest BCUT2D eigenvalue weighted by Crippen LogP contribution is 2.23. The van der Waals surface area contributed by atoms with E-state index in [1.807, 2.05) is 13.8 Å². The summed E-state index contributed by atoms with van der Waals surface area (Å²) in [6, 6.07) is 3.17. The summed E-state index contributed by atoms with van der Waals surface area (Å²) in [5, 5.41) is 2.51. The third-order valence-electron chi connectivity index (χ3n) is 3.13. The molecule has 0 atom stereocenters. The van der Waals surface area contributed by atoms with Gasteiger partial charge in [0, 0.05) is 16.6 Å². The van der Waals surface area contributed by atoms with E-state index in [9.17, 15) is 17.6 Å². The van der Waals surface area contributed by atoms with Crippen molar-refractivity contribution >= 4 is 31.3 Å². The summed E-state index contributed by atoms with van der Waals surface area (Å²) in [6.07, 6.45) is 3.19. The van der Waals surface area contributed by atoms with Crippen LogP contribution in [-0.2, 0) is 13.8 Å². The summed E-state index contributed by atoms with van der Waals surface area (Å²) in [6.45, 7) is 3.97. The molecule has 1 aromatic carbocycles. The molecule has 0 bridgehead atoms. The van der Waals surface area contributed by atoms with Crippen LogP contribution in [0.25, 0.3) is 0 Å². The van der Waals surface area contributed by atoms with Gasteiger partial charge in [0.2, 0.25) is 5.91 Å². The molecule has 0 unspecified atom stereocenters. The van der Waals surface area contributed by atoms with Crippen molar-refractivity contribution in [1.29, 1.82) is 0 Å². The van der Waals surface area contributed by atoms with Crippen molar-refractivity contribution in [2.24, 2.45) is 5.92 Å². The van der Waals surface area contributed by atoms with Gasteiger partial charge in [-0.1, -0.05) is 26.7 Å². The Morgan fingerprint density at radius 1 is 1.29 bits per heavy atom. The molecule has 0 aliphatic carbocycles. The van der Waals surface area contributed by atoms with Crippen LogP contribution in [0.4, 0.5) is 10.1 Å². The molecule has 1 aromatic rings. The maximum atomic E-state index is 13.8. The van der Waals surface area contributed by atoms with E-state index in [1.165, 1.54) is 6.07 Å². The van der Waals surface area contributed by atoms with Crippen molar-refractivity contribution in [3.63, 3.8) is 0 Å². The van der Waals surface area contributed by atoms with Gasteiger partial charge in [0.1, 0.15) is 5.82 Å². The molecule has 0 saturated heterocycles. The van der Waals surface area contributed by atoms with Crippen LogP contribution in [0.2, 0.25) is 0 Å². The van der Waals surface area contributed by atoms with E-state index in [4.69, 9.17) is 10.7 Å². The lowest BCUT2D eigenvalue weighted by atomic mass is 9.97. The van der Waals surface area contributed by atoms with Crippen LogP contribution in [0.15, 0.2) is 23.1 Å². The number of halogens is 2. The Labute approximate surface area is 129 Å². The van der Waals surface area contributed by atoms with Crippen molar-refractivity contribution in [3.8, 4) is 0 Å². The molecule has 7 heteroatoms. The predicted molar refractivity (Wildman–Crippen MR) is 81.4 cm³/mol. The number of rotatable bonds is 7. The minimum absolute atomic E-state index is 0.0405. The molecule has 118 valence electrons. The first kappa shape index (κ1) is 17.9. The third kappa shape index (κ3) is 5.28. The zero-order valence-electron chi connectivity index (χ0n) is 12.0. The number of hydrogen-bond donors (Lipinski definition) is 1. The molecular formula is C14H19ClFNO3S. The van der Waals surface area contributed by atoms with Gasteiger partial charge in [-0.15, -0.1) is 0 Å². The lowest BCUT2D eigenvalue weighted by Crippen LogP contribution is -2.23. The molecule has 0 radical (unpaired) electrons. The van der Waals surface area contributed by atoms with Gasteiger partial charge in [-0.2, -0.15) is 0 Å². The molecule has 0 aromatic heterocycles. The third-order valence-corrected chi connectivity index (χ3v) is 4.48. The summed E-state index contributed by atoms with van der Waals surface area (Å²) in [7, 11) is 1.16. The van der Waals surface area contributed by atoms with Crippen molar-refractivity contribution in [3.05, 3.63) is 24.0 Å². The Morgan fingerprint density at radius 2 is 1.86 bits per heavy atom. The van der Waals surface area contributed by atoms with Crippen LogP contribution in [0.5, 0.6) is 0 Å². The predicted octanol–water partition coefficient (Wildman–Crippen LogP) is 3.91. The first-order valence-corrected chi connectivity index (χ1v) is 9.15. The second kappa shape index (κ2) is 7.75.